The number of aliphatic hydroxyl groups is 3. The van der Waals surface area contributed by atoms with E-state index in [0.717, 1.165) is 0 Å². The summed E-state index contributed by atoms with van der Waals surface area (Å²) in [6.45, 7) is -0.451. The maximum Gasteiger partial charge on any atom is 0.114 e. The molecule has 2 aromatic rings. The van der Waals surface area contributed by atoms with E-state index in [1.165, 1.54) is 4.68 Å². The molecule has 1 aromatic carbocycles. The SMILES string of the molecule is OCc1nnn(C[C@H](O)c2ccc(Cl)cc2)c1CO. The molecule has 3 N–H and O–H groups in total. The van der Waals surface area contributed by atoms with Gasteiger partial charge in [-0.3, -0.25) is 0 Å². The second-order valence-corrected chi connectivity index (χ2v) is 4.48. The van der Waals surface area contributed by atoms with Crippen LogP contribution in [0.2, 0.25) is 5.02 Å². The Morgan fingerprint density at radius 3 is 2.42 bits per heavy atom. The van der Waals surface area contributed by atoms with Gasteiger partial charge in [-0.15, -0.1) is 5.10 Å². The van der Waals surface area contributed by atoms with Crippen molar-refractivity contribution in [3.05, 3.63) is 46.2 Å². The Kier molecular flexibility index (Phi) is 4.49. The molecule has 0 amide bonds. The lowest BCUT2D eigenvalue weighted by Crippen LogP contribution is -2.13. The second-order valence-electron chi connectivity index (χ2n) is 4.05. The van der Waals surface area contributed by atoms with Crippen molar-refractivity contribution in [1.29, 1.82) is 0 Å². The predicted octanol–water partition coefficient (Wildman–Crippen LogP) is 0.650. The van der Waals surface area contributed by atoms with Crippen molar-refractivity contribution in [2.75, 3.05) is 0 Å². The number of rotatable bonds is 5. The fourth-order valence-corrected chi connectivity index (χ4v) is 1.89. The van der Waals surface area contributed by atoms with Gasteiger partial charge >= 0.3 is 0 Å². The van der Waals surface area contributed by atoms with Crippen LogP contribution in [0.3, 0.4) is 0 Å². The topological polar surface area (TPSA) is 91.4 Å². The largest absolute Gasteiger partial charge is 0.390 e. The summed E-state index contributed by atoms with van der Waals surface area (Å²) in [5, 5.41) is 36.5. The van der Waals surface area contributed by atoms with E-state index in [2.05, 4.69) is 10.3 Å². The molecule has 19 heavy (non-hydrogen) atoms. The third kappa shape index (κ3) is 3.10. The van der Waals surface area contributed by atoms with E-state index >= 15 is 0 Å². The summed E-state index contributed by atoms with van der Waals surface area (Å²) in [5.41, 5.74) is 1.40. The van der Waals surface area contributed by atoms with Crippen LogP contribution in [0.15, 0.2) is 24.3 Å². The van der Waals surface area contributed by atoms with Crippen LogP contribution in [0.25, 0.3) is 0 Å². The fourth-order valence-electron chi connectivity index (χ4n) is 1.77. The molecule has 0 unspecified atom stereocenters. The van der Waals surface area contributed by atoms with Crippen LogP contribution in [0.5, 0.6) is 0 Å². The molecule has 2 rings (SSSR count). The third-order valence-corrected chi connectivity index (χ3v) is 3.07. The Morgan fingerprint density at radius 1 is 1.16 bits per heavy atom. The predicted molar refractivity (Wildman–Crippen MR) is 68.3 cm³/mol. The quantitative estimate of drug-likeness (QED) is 0.749. The smallest absolute Gasteiger partial charge is 0.114 e. The molecule has 102 valence electrons. The Balaban J connectivity index is 2.16. The molecular formula is C12H14ClN3O3. The zero-order valence-corrected chi connectivity index (χ0v) is 10.8. The minimum atomic E-state index is -0.796. The number of benzene rings is 1. The van der Waals surface area contributed by atoms with Crippen LogP contribution in [0.4, 0.5) is 0 Å². The first-order valence-electron chi connectivity index (χ1n) is 5.72. The van der Waals surface area contributed by atoms with Crippen molar-refractivity contribution in [2.24, 2.45) is 0 Å². The summed E-state index contributed by atoms with van der Waals surface area (Å²) in [6, 6.07) is 6.81. The van der Waals surface area contributed by atoms with Gasteiger partial charge in [0.05, 0.1) is 31.6 Å². The number of aromatic nitrogens is 3. The Morgan fingerprint density at radius 2 is 1.84 bits per heavy atom. The molecular weight excluding hydrogens is 270 g/mol. The van der Waals surface area contributed by atoms with Crippen LogP contribution in [-0.4, -0.2) is 30.3 Å². The Labute approximate surface area is 114 Å². The summed E-state index contributed by atoms with van der Waals surface area (Å²) in [7, 11) is 0. The highest BCUT2D eigenvalue weighted by atomic mass is 35.5. The highest BCUT2D eigenvalue weighted by molar-refractivity contribution is 6.30. The van der Waals surface area contributed by atoms with Gasteiger partial charge in [-0.1, -0.05) is 28.9 Å². The average molecular weight is 284 g/mol. The summed E-state index contributed by atoms with van der Waals surface area (Å²) < 4.78 is 1.38. The van der Waals surface area contributed by atoms with E-state index in [9.17, 15) is 10.2 Å². The van der Waals surface area contributed by atoms with Crippen molar-refractivity contribution in [2.45, 2.75) is 25.9 Å². The molecule has 0 spiro atoms. The van der Waals surface area contributed by atoms with E-state index in [4.69, 9.17) is 16.7 Å². The zero-order chi connectivity index (χ0) is 13.8. The first-order valence-corrected chi connectivity index (χ1v) is 6.10. The van der Waals surface area contributed by atoms with E-state index in [1.807, 2.05) is 0 Å². The highest BCUT2D eigenvalue weighted by Crippen LogP contribution is 2.19. The van der Waals surface area contributed by atoms with Crippen molar-refractivity contribution in [3.63, 3.8) is 0 Å². The normalized spacial score (nSPS) is 12.6. The maximum absolute atomic E-state index is 10.1. The van der Waals surface area contributed by atoms with Gasteiger partial charge in [-0.2, -0.15) is 0 Å². The third-order valence-electron chi connectivity index (χ3n) is 2.82. The number of halogens is 1. The lowest BCUT2D eigenvalue weighted by Gasteiger charge is -2.12. The second kappa shape index (κ2) is 6.12. The summed E-state index contributed by atoms with van der Waals surface area (Å²) in [6.07, 6.45) is -0.796. The van der Waals surface area contributed by atoms with Gasteiger partial charge in [-0.05, 0) is 17.7 Å². The van der Waals surface area contributed by atoms with Gasteiger partial charge in [0, 0.05) is 5.02 Å². The number of hydrogen-bond donors (Lipinski definition) is 3. The molecule has 6 nitrogen and oxygen atoms in total. The van der Waals surface area contributed by atoms with E-state index in [1.54, 1.807) is 24.3 Å². The van der Waals surface area contributed by atoms with E-state index in [-0.39, 0.29) is 19.8 Å². The molecule has 0 aliphatic carbocycles. The highest BCUT2D eigenvalue weighted by Gasteiger charge is 2.15. The minimum Gasteiger partial charge on any atom is -0.390 e. The first kappa shape index (κ1) is 14.0. The molecule has 0 bridgehead atoms. The van der Waals surface area contributed by atoms with Crippen LogP contribution in [0.1, 0.15) is 23.1 Å². The standard InChI is InChI=1S/C12H14ClN3O3/c13-9-3-1-8(2-4-9)12(19)5-16-11(7-18)10(6-17)14-15-16/h1-4,12,17-19H,5-7H2/t12-/m0/s1. The van der Waals surface area contributed by atoms with Crippen molar-refractivity contribution in [3.8, 4) is 0 Å². The van der Waals surface area contributed by atoms with E-state index in [0.29, 0.717) is 22.0 Å². The molecule has 1 atom stereocenters. The summed E-state index contributed by atoms with van der Waals surface area (Å²) in [4.78, 5) is 0. The maximum atomic E-state index is 10.1. The molecule has 0 saturated carbocycles. The van der Waals surface area contributed by atoms with Crippen LogP contribution in [-0.2, 0) is 19.8 Å². The van der Waals surface area contributed by atoms with Crippen LogP contribution >= 0.6 is 11.6 Å². The zero-order valence-electron chi connectivity index (χ0n) is 10.1. The molecule has 0 radical (unpaired) electrons. The minimum absolute atomic E-state index is 0.143. The number of nitrogens with zero attached hydrogens (tertiary/aromatic N) is 3. The van der Waals surface area contributed by atoms with Crippen LogP contribution < -0.4 is 0 Å². The molecule has 0 saturated heterocycles. The van der Waals surface area contributed by atoms with Gasteiger partial charge in [0.1, 0.15) is 5.69 Å². The lowest BCUT2D eigenvalue weighted by atomic mass is 10.1. The van der Waals surface area contributed by atoms with Gasteiger partial charge in [0.15, 0.2) is 0 Å². The van der Waals surface area contributed by atoms with Gasteiger partial charge < -0.3 is 15.3 Å². The summed E-state index contributed by atoms with van der Waals surface area (Å²) >= 11 is 5.78. The Bertz CT molecular complexity index is 542. The van der Waals surface area contributed by atoms with Crippen molar-refractivity contribution >= 4 is 11.6 Å². The molecule has 0 aliphatic heterocycles. The monoisotopic (exact) mass is 283 g/mol. The first-order chi connectivity index (χ1) is 9.15. The van der Waals surface area contributed by atoms with Gasteiger partial charge in [0.2, 0.25) is 0 Å². The molecule has 1 heterocycles. The van der Waals surface area contributed by atoms with Crippen molar-refractivity contribution in [1.82, 2.24) is 15.0 Å². The molecule has 0 fully saturated rings. The van der Waals surface area contributed by atoms with Crippen molar-refractivity contribution < 1.29 is 15.3 Å². The van der Waals surface area contributed by atoms with E-state index < -0.39 is 6.10 Å². The van der Waals surface area contributed by atoms with Crippen LogP contribution in [0, 0.1) is 0 Å². The number of hydrogen-bond acceptors (Lipinski definition) is 5. The summed E-state index contributed by atoms with van der Waals surface area (Å²) in [5.74, 6) is 0. The molecule has 1 aromatic heterocycles. The lowest BCUT2D eigenvalue weighted by molar-refractivity contribution is 0.145. The number of aliphatic hydroxyl groups excluding tert-OH is 3. The fraction of sp³-hybridized carbons (Fsp3) is 0.333. The average Bonchev–Trinajstić information content (AvgIpc) is 2.81. The molecule has 7 heteroatoms. The Hall–Kier alpha value is -1.47. The molecule has 0 aliphatic rings. The van der Waals surface area contributed by atoms with Gasteiger partial charge in [0.25, 0.3) is 0 Å². The van der Waals surface area contributed by atoms with Gasteiger partial charge in [-0.25, -0.2) is 4.68 Å².